The SMILES string of the molecule is CCc1noc(CC)c1CNC(=NC)NCc1ccc(F)c(CN(C)C)c1.I. The van der Waals surface area contributed by atoms with Crippen LogP contribution in [0.1, 0.15) is 42.0 Å². The van der Waals surface area contributed by atoms with E-state index >= 15 is 0 Å². The van der Waals surface area contributed by atoms with E-state index in [4.69, 9.17) is 4.52 Å². The number of guanidine groups is 1. The lowest BCUT2D eigenvalue weighted by atomic mass is 10.1. The van der Waals surface area contributed by atoms with Crippen molar-refractivity contribution in [2.75, 3.05) is 21.1 Å². The van der Waals surface area contributed by atoms with Crippen molar-refractivity contribution in [3.8, 4) is 0 Å². The number of aliphatic imine (C=N–C) groups is 1. The summed E-state index contributed by atoms with van der Waals surface area (Å²) in [7, 11) is 5.58. The lowest BCUT2D eigenvalue weighted by molar-refractivity contribution is 0.380. The van der Waals surface area contributed by atoms with E-state index in [9.17, 15) is 4.39 Å². The highest BCUT2D eigenvalue weighted by molar-refractivity contribution is 14.0. The van der Waals surface area contributed by atoms with Gasteiger partial charge in [0.25, 0.3) is 0 Å². The van der Waals surface area contributed by atoms with E-state index in [0.29, 0.717) is 31.2 Å². The summed E-state index contributed by atoms with van der Waals surface area (Å²) >= 11 is 0. The molecule has 1 heterocycles. The van der Waals surface area contributed by atoms with Gasteiger partial charge >= 0.3 is 0 Å². The van der Waals surface area contributed by atoms with E-state index in [-0.39, 0.29) is 29.8 Å². The monoisotopic (exact) mass is 503 g/mol. The second-order valence-electron chi connectivity index (χ2n) is 6.68. The minimum absolute atomic E-state index is 0. The molecular formula is C20H31FIN5O. The van der Waals surface area contributed by atoms with Crippen molar-refractivity contribution in [3.63, 3.8) is 0 Å². The van der Waals surface area contributed by atoms with Gasteiger partial charge in [-0.15, -0.1) is 24.0 Å². The molecule has 0 amide bonds. The quantitative estimate of drug-likeness (QED) is 0.328. The van der Waals surface area contributed by atoms with E-state index < -0.39 is 0 Å². The maximum absolute atomic E-state index is 13.9. The Kier molecular flexibility index (Phi) is 10.4. The second-order valence-corrected chi connectivity index (χ2v) is 6.68. The summed E-state index contributed by atoms with van der Waals surface area (Å²) in [5.74, 6) is 1.40. The van der Waals surface area contributed by atoms with E-state index in [0.717, 1.165) is 35.4 Å². The molecule has 0 saturated carbocycles. The van der Waals surface area contributed by atoms with Crippen LogP contribution >= 0.6 is 24.0 Å². The highest BCUT2D eigenvalue weighted by Gasteiger charge is 2.13. The van der Waals surface area contributed by atoms with Crippen LogP contribution in [0.4, 0.5) is 4.39 Å². The van der Waals surface area contributed by atoms with Crippen molar-refractivity contribution >= 4 is 29.9 Å². The molecule has 0 aliphatic rings. The number of nitrogens with one attached hydrogen (secondary N) is 2. The number of benzene rings is 1. The molecule has 2 rings (SSSR count). The Morgan fingerprint density at radius 2 is 1.89 bits per heavy atom. The Hall–Kier alpha value is -1.68. The van der Waals surface area contributed by atoms with Crippen molar-refractivity contribution in [1.29, 1.82) is 0 Å². The summed E-state index contributed by atoms with van der Waals surface area (Å²) < 4.78 is 19.3. The van der Waals surface area contributed by atoms with Crippen LogP contribution in [0.2, 0.25) is 0 Å². The summed E-state index contributed by atoms with van der Waals surface area (Å²) in [6.45, 7) is 5.85. The van der Waals surface area contributed by atoms with Gasteiger partial charge in [-0.2, -0.15) is 0 Å². The molecule has 2 aromatic rings. The lowest BCUT2D eigenvalue weighted by Gasteiger charge is -2.14. The largest absolute Gasteiger partial charge is 0.361 e. The first-order chi connectivity index (χ1) is 13.0. The summed E-state index contributed by atoms with van der Waals surface area (Å²) in [6.07, 6.45) is 1.64. The number of rotatable bonds is 8. The van der Waals surface area contributed by atoms with E-state index in [2.05, 4.69) is 34.6 Å². The molecule has 0 unspecified atom stereocenters. The molecule has 0 radical (unpaired) electrons. The van der Waals surface area contributed by atoms with Crippen LogP contribution in [-0.2, 0) is 32.5 Å². The topological polar surface area (TPSA) is 65.7 Å². The number of hydrogen-bond donors (Lipinski definition) is 2. The van der Waals surface area contributed by atoms with Crippen LogP contribution in [0.5, 0.6) is 0 Å². The molecule has 2 N–H and O–H groups in total. The molecule has 0 bridgehead atoms. The van der Waals surface area contributed by atoms with Gasteiger partial charge in [0.1, 0.15) is 11.6 Å². The standard InChI is InChI=1S/C20H30FN5O.HI/c1-6-18-16(19(7-2)27-25-18)12-24-20(22-3)23-11-14-8-9-17(21)15(10-14)13-26(4)5;/h8-10H,6-7,11-13H2,1-5H3,(H2,22,23,24);1H. The lowest BCUT2D eigenvalue weighted by Crippen LogP contribution is -2.36. The molecular weight excluding hydrogens is 472 g/mol. The Morgan fingerprint density at radius 1 is 1.18 bits per heavy atom. The van der Waals surface area contributed by atoms with Crippen molar-refractivity contribution in [3.05, 3.63) is 52.2 Å². The zero-order valence-corrected chi connectivity index (χ0v) is 19.6. The van der Waals surface area contributed by atoms with E-state index in [1.807, 2.05) is 25.1 Å². The van der Waals surface area contributed by atoms with Crippen LogP contribution < -0.4 is 10.6 Å². The first kappa shape index (κ1) is 24.4. The third-order valence-electron chi connectivity index (χ3n) is 4.32. The van der Waals surface area contributed by atoms with Crippen molar-refractivity contribution in [2.24, 2.45) is 4.99 Å². The van der Waals surface area contributed by atoms with E-state index in [1.165, 1.54) is 6.07 Å². The third kappa shape index (κ3) is 6.73. The van der Waals surface area contributed by atoms with Gasteiger partial charge in [-0.25, -0.2) is 4.39 Å². The van der Waals surface area contributed by atoms with Gasteiger partial charge in [0.05, 0.1) is 5.69 Å². The fourth-order valence-corrected chi connectivity index (χ4v) is 2.92. The molecule has 0 saturated heterocycles. The van der Waals surface area contributed by atoms with Gasteiger partial charge in [-0.1, -0.05) is 25.1 Å². The number of halogens is 2. The summed E-state index contributed by atoms with van der Waals surface area (Å²) in [6, 6.07) is 5.20. The molecule has 8 heteroatoms. The molecule has 0 aliphatic carbocycles. The molecule has 0 spiro atoms. The number of aryl methyl sites for hydroxylation is 2. The maximum Gasteiger partial charge on any atom is 0.191 e. The number of aromatic nitrogens is 1. The molecule has 0 fully saturated rings. The fraction of sp³-hybridized carbons (Fsp3) is 0.500. The first-order valence-electron chi connectivity index (χ1n) is 9.31. The Balaban J connectivity index is 0.00000392. The fourth-order valence-electron chi connectivity index (χ4n) is 2.92. The highest BCUT2D eigenvalue weighted by Crippen LogP contribution is 2.15. The summed E-state index contributed by atoms with van der Waals surface area (Å²) in [5, 5.41) is 10.7. The Bertz CT molecular complexity index is 754. The minimum Gasteiger partial charge on any atom is -0.361 e. The zero-order chi connectivity index (χ0) is 19.8. The minimum atomic E-state index is -0.179. The van der Waals surface area contributed by atoms with Crippen LogP contribution in [0.15, 0.2) is 27.7 Å². The van der Waals surface area contributed by atoms with Gasteiger partial charge in [-0.05, 0) is 38.2 Å². The van der Waals surface area contributed by atoms with Crippen molar-refractivity contribution in [2.45, 2.75) is 46.3 Å². The van der Waals surface area contributed by atoms with Gasteiger partial charge in [0, 0.05) is 44.2 Å². The van der Waals surface area contributed by atoms with Gasteiger partial charge < -0.3 is 20.1 Å². The zero-order valence-electron chi connectivity index (χ0n) is 17.3. The molecule has 156 valence electrons. The average molecular weight is 503 g/mol. The van der Waals surface area contributed by atoms with E-state index in [1.54, 1.807) is 13.1 Å². The smallest absolute Gasteiger partial charge is 0.191 e. The van der Waals surface area contributed by atoms with Crippen LogP contribution in [-0.4, -0.2) is 37.2 Å². The summed E-state index contributed by atoms with van der Waals surface area (Å²) in [4.78, 5) is 6.21. The summed E-state index contributed by atoms with van der Waals surface area (Å²) in [5.41, 5.74) is 3.76. The second kappa shape index (κ2) is 12.0. The van der Waals surface area contributed by atoms with Crippen molar-refractivity contribution < 1.29 is 8.91 Å². The predicted molar refractivity (Wildman–Crippen MR) is 122 cm³/mol. The molecule has 0 atom stereocenters. The van der Waals surface area contributed by atoms with Crippen molar-refractivity contribution in [1.82, 2.24) is 20.7 Å². The van der Waals surface area contributed by atoms with Gasteiger partial charge in [0.15, 0.2) is 5.96 Å². The van der Waals surface area contributed by atoms with Gasteiger partial charge in [0.2, 0.25) is 0 Å². The van der Waals surface area contributed by atoms with Crippen LogP contribution in [0.3, 0.4) is 0 Å². The molecule has 28 heavy (non-hydrogen) atoms. The number of hydrogen-bond acceptors (Lipinski definition) is 4. The number of nitrogens with zero attached hydrogens (tertiary/aromatic N) is 3. The maximum atomic E-state index is 13.9. The van der Waals surface area contributed by atoms with Crippen LogP contribution in [0, 0.1) is 5.82 Å². The molecule has 1 aromatic carbocycles. The first-order valence-corrected chi connectivity index (χ1v) is 9.31. The normalized spacial score (nSPS) is 11.5. The Morgan fingerprint density at radius 3 is 2.50 bits per heavy atom. The highest BCUT2D eigenvalue weighted by atomic mass is 127. The van der Waals surface area contributed by atoms with Crippen LogP contribution in [0.25, 0.3) is 0 Å². The Labute approximate surface area is 184 Å². The third-order valence-corrected chi connectivity index (χ3v) is 4.32. The molecule has 0 aliphatic heterocycles. The average Bonchev–Trinajstić information content (AvgIpc) is 3.06. The predicted octanol–water partition coefficient (Wildman–Crippen LogP) is 3.48. The van der Waals surface area contributed by atoms with Gasteiger partial charge in [-0.3, -0.25) is 4.99 Å². The molecule has 1 aromatic heterocycles. The molecule has 6 nitrogen and oxygen atoms in total.